The number of nitrogens with two attached hydrogens (primary N) is 1. The molecule has 0 aliphatic carbocycles. The van der Waals surface area contributed by atoms with Gasteiger partial charge in [-0.3, -0.25) is 4.79 Å². The Balaban J connectivity index is 1.73. The first kappa shape index (κ1) is 13.6. The number of nitrogen functional groups attached to an aromatic ring is 1. The van der Waals surface area contributed by atoms with Crippen molar-refractivity contribution in [3.63, 3.8) is 0 Å². The lowest BCUT2D eigenvalue weighted by Crippen LogP contribution is -2.24. The molecule has 0 saturated carbocycles. The zero-order valence-electron chi connectivity index (χ0n) is 12.1. The maximum atomic E-state index is 12.2. The molecular weight excluding hydrogens is 262 g/mol. The first-order valence-electron chi connectivity index (χ1n) is 7.21. The summed E-state index contributed by atoms with van der Waals surface area (Å²) in [5.41, 5.74) is 8.90. The zero-order valence-corrected chi connectivity index (χ0v) is 12.1. The second-order valence-corrected chi connectivity index (χ2v) is 5.61. The number of anilines is 2. The standard InChI is InChI=1S/C17H19N3O/c1-12-7-8-14(17(18)19-12)9-13-10-16(21)20(11-13)15-5-3-2-4-6-15/h2-8,13H,9-11H2,1H3,(H2,18,19)/t13-/m0/s1. The first-order chi connectivity index (χ1) is 10.1. The number of amides is 1. The van der Waals surface area contributed by atoms with Crippen LogP contribution in [-0.4, -0.2) is 17.4 Å². The van der Waals surface area contributed by atoms with E-state index in [4.69, 9.17) is 5.73 Å². The highest BCUT2D eigenvalue weighted by atomic mass is 16.2. The van der Waals surface area contributed by atoms with Gasteiger partial charge in [-0.05, 0) is 43.0 Å². The smallest absolute Gasteiger partial charge is 0.227 e. The molecule has 1 fully saturated rings. The van der Waals surface area contributed by atoms with E-state index in [0.717, 1.165) is 29.9 Å². The van der Waals surface area contributed by atoms with Crippen LogP contribution in [0.2, 0.25) is 0 Å². The average Bonchev–Trinajstić information content (AvgIpc) is 2.84. The van der Waals surface area contributed by atoms with Crippen molar-refractivity contribution in [1.82, 2.24) is 4.98 Å². The lowest BCUT2D eigenvalue weighted by atomic mass is 9.99. The summed E-state index contributed by atoms with van der Waals surface area (Å²) in [7, 11) is 0. The highest BCUT2D eigenvalue weighted by Gasteiger charge is 2.30. The third kappa shape index (κ3) is 2.89. The monoisotopic (exact) mass is 281 g/mol. The fraction of sp³-hybridized carbons (Fsp3) is 0.294. The third-order valence-corrected chi connectivity index (χ3v) is 3.93. The summed E-state index contributed by atoms with van der Waals surface area (Å²) in [4.78, 5) is 18.3. The lowest BCUT2D eigenvalue weighted by Gasteiger charge is -2.17. The molecule has 1 saturated heterocycles. The number of rotatable bonds is 3. The highest BCUT2D eigenvalue weighted by molar-refractivity contribution is 5.95. The van der Waals surface area contributed by atoms with Crippen LogP contribution in [0, 0.1) is 12.8 Å². The van der Waals surface area contributed by atoms with Gasteiger partial charge in [0, 0.05) is 24.3 Å². The molecule has 3 rings (SSSR count). The zero-order chi connectivity index (χ0) is 14.8. The van der Waals surface area contributed by atoms with Gasteiger partial charge in [0.25, 0.3) is 0 Å². The molecule has 1 aromatic carbocycles. The van der Waals surface area contributed by atoms with Crippen LogP contribution in [0.3, 0.4) is 0 Å². The fourth-order valence-corrected chi connectivity index (χ4v) is 2.87. The predicted molar refractivity (Wildman–Crippen MR) is 84.0 cm³/mol. The molecule has 0 bridgehead atoms. The molecule has 0 unspecified atom stereocenters. The average molecular weight is 281 g/mol. The molecule has 4 heteroatoms. The Bertz CT molecular complexity index is 654. The number of hydrogen-bond donors (Lipinski definition) is 1. The number of para-hydroxylation sites is 1. The molecule has 108 valence electrons. The van der Waals surface area contributed by atoms with E-state index >= 15 is 0 Å². The molecule has 2 heterocycles. The first-order valence-corrected chi connectivity index (χ1v) is 7.21. The summed E-state index contributed by atoms with van der Waals surface area (Å²) < 4.78 is 0. The molecule has 1 aliphatic heterocycles. The number of hydrogen-bond acceptors (Lipinski definition) is 3. The maximum absolute atomic E-state index is 12.2. The molecule has 0 spiro atoms. The maximum Gasteiger partial charge on any atom is 0.227 e. The minimum Gasteiger partial charge on any atom is -0.383 e. The van der Waals surface area contributed by atoms with Crippen LogP contribution in [0.4, 0.5) is 11.5 Å². The Morgan fingerprint density at radius 1 is 1.24 bits per heavy atom. The molecular formula is C17H19N3O. The summed E-state index contributed by atoms with van der Waals surface area (Å²) in [6.07, 6.45) is 1.37. The largest absolute Gasteiger partial charge is 0.383 e. The van der Waals surface area contributed by atoms with Gasteiger partial charge in [-0.15, -0.1) is 0 Å². The molecule has 1 aromatic heterocycles. The van der Waals surface area contributed by atoms with Gasteiger partial charge in [0.15, 0.2) is 0 Å². The van der Waals surface area contributed by atoms with Crippen LogP contribution < -0.4 is 10.6 Å². The lowest BCUT2D eigenvalue weighted by molar-refractivity contribution is -0.117. The summed E-state index contributed by atoms with van der Waals surface area (Å²) in [6, 6.07) is 13.8. The molecule has 21 heavy (non-hydrogen) atoms. The van der Waals surface area contributed by atoms with E-state index in [1.54, 1.807) is 0 Å². The summed E-state index contributed by atoms with van der Waals surface area (Å²) in [5, 5.41) is 0. The van der Waals surface area contributed by atoms with E-state index in [2.05, 4.69) is 4.98 Å². The number of aromatic nitrogens is 1. The molecule has 2 N–H and O–H groups in total. The number of pyridine rings is 1. The van der Waals surface area contributed by atoms with Gasteiger partial charge < -0.3 is 10.6 Å². The Labute approximate surface area is 124 Å². The Morgan fingerprint density at radius 2 is 2.00 bits per heavy atom. The number of nitrogens with zero attached hydrogens (tertiary/aromatic N) is 2. The molecule has 1 amide bonds. The van der Waals surface area contributed by atoms with Gasteiger partial charge in [0.1, 0.15) is 5.82 Å². The number of aryl methyl sites for hydroxylation is 1. The van der Waals surface area contributed by atoms with Gasteiger partial charge in [-0.2, -0.15) is 0 Å². The fourth-order valence-electron chi connectivity index (χ4n) is 2.87. The third-order valence-electron chi connectivity index (χ3n) is 3.93. The Morgan fingerprint density at radius 3 is 2.71 bits per heavy atom. The predicted octanol–water partition coefficient (Wildman–Crippen LogP) is 2.57. The van der Waals surface area contributed by atoms with Crippen molar-refractivity contribution >= 4 is 17.4 Å². The van der Waals surface area contributed by atoms with Crippen molar-refractivity contribution in [2.45, 2.75) is 19.8 Å². The van der Waals surface area contributed by atoms with Crippen LogP contribution in [0.5, 0.6) is 0 Å². The van der Waals surface area contributed by atoms with Crippen LogP contribution in [0.25, 0.3) is 0 Å². The molecule has 2 aromatic rings. The van der Waals surface area contributed by atoms with Gasteiger partial charge in [0.2, 0.25) is 5.91 Å². The highest BCUT2D eigenvalue weighted by Crippen LogP contribution is 2.28. The van der Waals surface area contributed by atoms with Crippen LogP contribution >= 0.6 is 0 Å². The summed E-state index contributed by atoms with van der Waals surface area (Å²) in [6.45, 7) is 2.67. The van der Waals surface area contributed by atoms with E-state index in [0.29, 0.717) is 18.2 Å². The number of carbonyl (C=O) groups is 1. The summed E-state index contributed by atoms with van der Waals surface area (Å²) >= 11 is 0. The minimum atomic E-state index is 0.185. The summed E-state index contributed by atoms with van der Waals surface area (Å²) in [5.74, 6) is 1.06. The molecule has 0 radical (unpaired) electrons. The van der Waals surface area contributed by atoms with E-state index in [-0.39, 0.29) is 5.91 Å². The van der Waals surface area contributed by atoms with E-state index < -0.39 is 0 Å². The Hall–Kier alpha value is -2.36. The van der Waals surface area contributed by atoms with E-state index in [1.807, 2.05) is 54.3 Å². The quantitative estimate of drug-likeness (QED) is 0.940. The normalized spacial score (nSPS) is 18.2. The van der Waals surface area contributed by atoms with Crippen molar-refractivity contribution in [3.05, 3.63) is 53.7 Å². The van der Waals surface area contributed by atoms with E-state index in [9.17, 15) is 4.79 Å². The van der Waals surface area contributed by atoms with Gasteiger partial charge in [0.05, 0.1) is 0 Å². The SMILES string of the molecule is Cc1ccc(C[C@H]2CC(=O)N(c3ccccc3)C2)c(N)n1. The number of benzene rings is 1. The molecule has 4 nitrogen and oxygen atoms in total. The van der Waals surface area contributed by atoms with Crippen molar-refractivity contribution in [2.24, 2.45) is 5.92 Å². The van der Waals surface area contributed by atoms with Crippen LogP contribution in [0.15, 0.2) is 42.5 Å². The second kappa shape index (κ2) is 5.56. The van der Waals surface area contributed by atoms with Crippen molar-refractivity contribution in [1.29, 1.82) is 0 Å². The Kier molecular flexibility index (Phi) is 3.60. The van der Waals surface area contributed by atoms with Crippen LogP contribution in [-0.2, 0) is 11.2 Å². The van der Waals surface area contributed by atoms with Crippen molar-refractivity contribution in [3.8, 4) is 0 Å². The topological polar surface area (TPSA) is 59.2 Å². The van der Waals surface area contributed by atoms with Gasteiger partial charge >= 0.3 is 0 Å². The van der Waals surface area contributed by atoms with Gasteiger partial charge in [-0.1, -0.05) is 24.3 Å². The van der Waals surface area contributed by atoms with E-state index in [1.165, 1.54) is 0 Å². The second-order valence-electron chi connectivity index (χ2n) is 5.61. The molecule has 1 atom stereocenters. The molecule has 1 aliphatic rings. The minimum absolute atomic E-state index is 0.185. The van der Waals surface area contributed by atoms with Crippen molar-refractivity contribution in [2.75, 3.05) is 17.2 Å². The van der Waals surface area contributed by atoms with Crippen LogP contribution in [0.1, 0.15) is 17.7 Å². The number of carbonyl (C=O) groups excluding carboxylic acids is 1. The van der Waals surface area contributed by atoms with Crippen molar-refractivity contribution < 1.29 is 4.79 Å². The van der Waals surface area contributed by atoms with Gasteiger partial charge in [-0.25, -0.2) is 4.98 Å².